The number of phenols is 1. The van der Waals surface area contributed by atoms with Gasteiger partial charge < -0.3 is 15.5 Å². The quantitative estimate of drug-likeness (QED) is 0.657. The number of aliphatic hydroxyl groups is 1. The monoisotopic (exact) mass is 181 g/mol. The van der Waals surface area contributed by atoms with Crippen molar-refractivity contribution in [3.63, 3.8) is 0 Å². The van der Waals surface area contributed by atoms with E-state index in [1.807, 2.05) is 19.1 Å². The zero-order valence-electron chi connectivity index (χ0n) is 7.75. The number of benzene rings is 1. The summed E-state index contributed by atoms with van der Waals surface area (Å²) in [7, 11) is 0. The van der Waals surface area contributed by atoms with Gasteiger partial charge in [-0.2, -0.15) is 0 Å². The first-order chi connectivity index (χ1) is 6.27. The Bertz CT molecular complexity index is 274. The zero-order chi connectivity index (χ0) is 9.68. The second-order valence-electron chi connectivity index (χ2n) is 2.85. The molecule has 0 aromatic heterocycles. The van der Waals surface area contributed by atoms with E-state index in [0.717, 1.165) is 17.7 Å². The van der Waals surface area contributed by atoms with Crippen LogP contribution in [-0.2, 0) is 6.42 Å². The molecule has 13 heavy (non-hydrogen) atoms. The number of hydrogen-bond acceptors (Lipinski definition) is 3. The van der Waals surface area contributed by atoms with Crippen molar-refractivity contribution in [1.29, 1.82) is 0 Å². The van der Waals surface area contributed by atoms with E-state index in [1.54, 1.807) is 6.07 Å². The predicted octanol–water partition coefficient (Wildman–Crippen LogP) is 1.36. The maximum absolute atomic E-state index is 9.49. The van der Waals surface area contributed by atoms with E-state index in [4.69, 9.17) is 5.11 Å². The third kappa shape index (κ3) is 2.63. The van der Waals surface area contributed by atoms with Crippen LogP contribution in [0.15, 0.2) is 18.2 Å². The lowest BCUT2D eigenvalue weighted by Crippen LogP contribution is -2.05. The summed E-state index contributed by atoms with van der Waals surface area (Å²) in [6.07, 6.45) is 0.826. The van der Waals surface area contributed by atoms with E-state index < -0.39 is 0 Å². The molecule has 0 atom stereocenters. The van der Waals surface area contributed by atoms with Gasteiger partial charge in [-0.3, -0.25) is 0 Å². The molecule has 0 unspecified atom stereocenters. The van der Waals surface area contributed by atoms with E-state index in [2.05, 4.69) is 5.32 Å². The Labute approximate surface area is 78.0 Å². The van der Waals surface area contributed by atoms with Crippen LogP contribution < -0.4 is 5.32 Å². The Morgan fingerprint density at radius 3 is 2.69 bits per heavy atom. The predicted molar refractivity (Wildman–Crippen MR) is 53.1 cm³/mol. The summed E-state index contributed by atoms with van der Waals surface area (Å²) in [5, 5.41) is 21.0. The number of aromatic hydroxyl groups is 1. The number of phenolic OH excluding ortho intramolecular Hbond substituents is 1. The smallest absolute Gasteiger partial charge is 0.120 e. The fourth-order valence-electron chi connectivity index (χ4n) is 1.17. The van der Waals surface area contributed by atoms with Gasteiger partial charge in [-0.15, -0.1) is 0 Å². The third-order valence-electron chi connectivity index (χ3n) is 1.91. The largest absolute Gasteiger partial charge is 0.508 e. The number of nitrogens with one attached hydrogen (secondary N) is 1. The van der Waals surface area contributed by atoms with E-state index in [0.29, 0.717) is 12.3 Å². The number of aliphatic hydroxyl groups excluding tert-OH is 1. The van der Waals surface area contributed by atoms with E-state index in [-0.39, 0.29) is 6.61 Å². The number of hydrogen-bond donors (Lipinski definition) is 3. The lowest BCUT2D eigenvalue weighted by Gasteiger charge is -2.07. The first-order valence-corrected chi connectivity index (χ1v) is 4.44. The van der Waals surface area contributed by atoms with Gasteiger partial charge in [0.05, 0.1) is 6.61 Å². The highest BCUT2D eigenvalue weighted by atomic mass is 16.3. The summed E-state index contributed by atoms with van der Waals surface area (Å²) in [6.45, 7) is 2.59. The summed E-state index contributed by atoms with van der Waals surface area (Å²) in [4.78, 5) is 0. The molecule has 3 nitrogen and oxygen atoms in total. The van der Waals surface area contributed by atoms with Crippen LogP contribution in [0, 0.1) is 0 Å². The molecular weight excluding hydrogens is 166 g/mol. The van der Waals surface area contributed by atoms with Gasteiger partial charge >= 0.3 is 0 Å². The third-order valence-corrected chi connectivity index (χ3v) is 1.91. The minimum absolute atomic E-state index is 0.0935. The van der Waals surface area contributed by atoms with Crippen molar-refractivity contribution in [3.05, 3.63) is 23.8 Å². The highest BCUT2D eigenvalue weighted by molar-refractivity contribution is 5.51. The Hall–Kier alpha value is -1.22. The van der Waals surface area contributed by atoms with Crippen molar-refractivity contribution in [2.75, 3.05) is 18.5 Å². The van der Waals surface area contributed by atoms with Crippen LogP contribution in [0.3, 0.4) is 0 Å². The summed E-state index contributed by atoms with van der Waals surface area (Å²) >= 11 is 0. The molecule has 1 rings (SSSR count). The van der Waals surface area contributed by atoms with E-state index in [9.17, 15) is 5.11 Å². The molecule has 0 saturated heterocycles. The van der Waals surface area contributed by atoms with Crippen molar-refractivity contribution >= 4 is 5.69 Å². The standard InChI is InChI=1S/C10H15NO2/c1-2-8-3-4-9(7-10(8)13)11-5-6-12/h3-4,7,11-13H,2,5-6H2,1H3. The van der Waals surface area contributed by atoms with E-state index in [1.165, 1.54) is 0 Å². The molecule has 0 aliphatic heterocycles. The van der Waals surface area contributed by atoms with Crippen LogP contribution in [0.4, 0.5) is 5.69 Å². The maximum Gasteiger partial charge on any atom is 0.120 e. The molecule has 72 valence electrons. The summed E-state index contributed by atoms with van der Waals surface area (Å²) in [6, 6.07) is 5.46. The van der Waals surface area contributed by atoms with Crippen molar-refractivity contribution in [1.82, 2.24) is 0 Å². The van der Waals surface area contributed by atoms with Crippen LogP contribution in [0.5, 0.6) is 5.75 Å². The SMILES string of the molecule is CCc1ccc(NCCO)cc1O. The maximum atomic E-state index is 9.49. The van der Waals surface area contributed by atoms with Crippen molar-refractivity contribution in [3.8, 4) is 5.75 Å². The van der Waals surface area contributed by atoms with Crippen molar-refractivity contribution in [2.45, 2.75) is 13.3 Å². The first kappa shape index (κ1) is 9.86. The minimum atomic E-state index is 0.0935. The normalized spacial score (nSPS) is 10.0. The second kappa shape index (κ2) is 4.72. The Kier molecular flexibility index (Phi) is 3.58. The highest BCUT2D eigenvalue weighted by Crippen LogP contribution is 2.21. The Balaban J connectivity index is 2.71. The molecule has 1 aromatic carbocycles. The van der Waals surface area contributed by atoms with Crippen LogP contribution >= 0.6 is 0 Å². The fraction of sp³-hybridized carbons (Fsp3) is 0.400. The molecule has 3 heteroatoms. The number of aryl methyl sites for hydroxylation is 1. The summed E-state index contributed by atoms with van der Waals surface area (Å²) in [5.41, 5.74) is 1.78. The summed E-state index contributed by atoms with van der Waals surface area (Å²) < 4.78 is 0. The average molecular weight is 181 g/mol. The summed E-state index contributed by atoms with van der Waals surface area (Å²) in [5.74, 6) is 0.311. The second-order valence-corrected chi connectivity index (χ2v) is 2.85. The van der Waals surface area contributed by atoms with Gasteiger partial charge in [0.2, 0.25) is 0 Å². The number of anilines is 1. The lowest BCUT2D eigenvalue weighted by molar-refractivity contribution is 0.311. The molecule has 0 bridgehead atoms. The van der Waals surface area contributed by atoms with E-state index >= 15 is 0 Å². The van der Waals surface area contributed by atoms with Crippen LogP contribution in [0.25, 0.3) is 0 Å². The topological polar surface area (TPSA) is 52.5 Å². The van der Waals surface area contributed by atoms with Crippen LogP contribution in [-0.4, -0.2) is 23.4 Å². The molecule has 0 radical (unpaired) electrons. The highest BCUT2D eigenvalue weighted by Gasteiger charge is 1.99. The van der Waals surface area contributed by atoms with Gasteiger partial charge in [-0.1, -0.05) is 13.0 Å². The minimum Gasteiger partial charge on any atom is -0.508 e. The Morgan fingerprint density at radius 2 is 2.15 bits per heavy atom. The van der Waals surface area contributed by atoms with Crippen LogP contribution in [0.1, 0.15) is 12.5 Å². The van der Waals surface area contributed by atoms with Gasteiger partial charge in [0.15, 0.2) is 0 Å². The molecule has 1 aromatic rings. The molecule has 3 N–H and O–H groups in total. The molecule has 0 aliphatic carbocycles. The fourth-order valence-corrected chi connectivity index (χ4v) is 1.17. The Morgan fingerprint density at radius 1 is 1.38 bits per heavy atom. The number of rotatable bonds is 4. The first-order valence-electron chi connectivity index (χ1n) is 4.44. The molecule has 0 fully saturated rings. The van der Waals surface area contributed by atoms with Gasteiger partial charge in [0.1, 0.15) is 5.75 Å². The van der Waals surface area contributed by atoms with Gasteiger partial charge in [-0.25, -0.2) is 0 Å². The molecule has 0 amide bonds. The molecule has 0 aliphatic rings. The lowest BCUT2D eigenvalue weighted by atomic mass is 10.1. The van der Waals surface area contributed by atoms with Gasteiger partial charge in [-0.05, 0) is 18.1 Å². The van der Waals surface area contributed by atoms with Gasteiger partial charge in [0, 0.05) is 18.3 Å². The van der Waals surface area contributed by atoms with Crippen molar-refractivity contribution < 1.29 is 10.2 Å². The van der Waals surface area contributed by atoms with Crippen molar-refractivity contribution in [2.24, 2.45) is 0 Å². The molecule has 0 heterocycles. The molecule has 0 saturated carbocycles. The molecule has 0 spiro atoms. The average Bonchev–Trinajstić information content (AvgIpc) is 2.15. The van der Waals surface area contributed by atoms with Gasteiger partial charge in [0.25, 0.3) is 0 Å². The van der Waals surface area contributed by atoms with Crippen LogP contribution in [0.2, 0.25) is 0 Å². The zero-order valence-corrected chi connectivity index (χ0v) is 7.75. The molecular formula is C10H15NO2.